The summed E-state index contributed by atoms with van der Waals surface area (Å²) in [7, 11) is 0. The molecular formula is C22H22FNO3. The Bertz CT molecular complexity index is 991. The lowest BCUT2D eigenvalue weighted by molar-refractivity contribution is 0.0528. The lowest BCUT2D eigenvalue weighted by Gasteiger charge is -2.12. The Labute approximate surface area is 157 Å². The fraction of sp³-hybridized carbons (Fsp3) is 0.318. The fourth-order valence-corrected chi connectivity index (χ4v) is 3.72. The van der Waals surface area contributed by atoms with Crippen molar-refractivity contribution >= 4 is 22.6 Å². The van der Waals surface area contributed by atoms with Gasteiger partial charge in [0.05, 0.1) is 6.61 Å². The molecular weight excluding hydrogens is 345 g/mol. The minimum Gasteiger partial charge on any atom is -0.462 e. The summed E-state index contributed by atoms with van der Waals surface area (Å²) in [5.74, 6) is 0.0388. The average molecular weight is 367 g/mol. The van der Waals surface area contributed by atoms with Crippen molar-refractivity contribution in [3.05, 3.63) is 53.3 Å². The van der Waals surface area contributed by atoms with Crippen LogP contribution in [0, 0.1) is 5.82 Å². The van der Waals surface area contributed by atoms with Gasteiger partial charge in [0.1, 0.15) is 22.7 Å². The monoisotopic (exact) mass is 367 g/mol. The summed E-state index contributed by atoms with van der Waals surface area (Å²) in [6, 6.07) is 9.94. The molecule has 2 heterocycles. The van der Waals surface area contributed by atoms with Crippen LogP contribution in [-0.4, -0.2) is 19.1 Å². The van der Waals surface area contributed by atoms with Crippen molar-refractivity contribution in [3.63, 3.8) is 0 Å². The van der Waals surface area contributed by atoms with Crippen LogP contribution in [0.2, 0.25) is 0 Å². The first-order chi connectivity index (χ1) is 13.1. The number of hydrogen-bond acceptors (Lipinski definition) is 4. The number of furan rings is 1. The minimum atomic E-state index is -0.426. The van der Waals surface area contributed by atoms with Gasteiger partial charge in [-0.15, -0.1) is 0 Å². The zero-order chi connectivity index (χ0) is 19.0. The van der Waals surface area contributed by atoms with E-state index < -0.39 is 5.97 Å². The maximum Gasteiger partial charge on any atom is 0.342 e. The van der Waals surface area contributed by atoms with Gasteiger partial charge in [-0.25, -0.2) is 9.18 Å². The Morgan fingerprint density at radius 2 is 2.07 bits per heavy atom. The number of hydrogen-bond donors (Lipinski definition) is 1. The van der Waals surface area contributed by atoms with Crippen LogP contribution in [0.15, 0.2) is 40.8 Å². The van der Waals surface area contributed by atoms with Crippen LogP contribution in [-0.2, 0) is 4.74 Å². The molecule has 0 radical (unpaired) electrons. The maximum atomic E-state index is 13.3. The van der Waals surface area contributed by atoms with Crippen molar-refractivity contribution in [2.45, 2.75) is 32.6 Å². The molecule has 1 unspecified atom stereocenters. The van der Waals surface area contributed by atoms with Crippen molar-refractivity contribution in [1.29, 1.82) is 0 Å². The summed E-state index contributed by atoms with van der Waals surface area (Å²) in [6.07, 6.45) is 2.19. The molecule has 0 bridgehead atoms. The van der Waals surface area contributed by atoms with E-state index in [4.69, 9.17) is 9.15 Å². The first-order valence-electron chi connectivity index (χ1n) is 9.36. The molecule has 140 valence electrons. The summed E-state index contributed by atoms with van der Waals surface area (Å²) in [5, 5.41) is 4.19. The molecule has 0 spiro atoms. The lowest BCUT2D eigenvalue weighted by Crippen LogP contribution is -2.06. The Balaban J connectivity index is 1.96. The molecule has 3 aromatic rings. The van der Waals surface area contributed by atoms with Crippen LogP contribution >= 0.6 is 0 Å². The van der Waals surface area contributed by atoms with E-state index in [2.05, 4.69) is 12.2 Å². The molecule has 1 atom stereocenters. The second-order valence-electron chi connectivity index (χ2n) is 6.94. The largest absolute Gasteiger partial charge is 0.462 e. The van der Waals surface area contributed by atoms with Gasteiger partial charge in [0.2, 0.25) is 0 Å². The van der Waals surface area contributed by atoms with Gasteiger partial charge in [-0.2, -0.15) is 0 Å². The van der Waals surface area contributed by atoms with E-state index in [0.29, 0.717) is 28.4 Å². The number of esters is 1. The molecule has 0 saturated carbocycles. The third-order valence-electron chi connectivity index (χ3n) is 5.11. The number of benzene rings is 2. The second-order valence-corrected chi connectivity index (χ2v) is 6.94. The molecule has 1 aliphatic heterocycles. The standard InChI is InChI=1S/C22H22FNO3/c1-3-26-22(25)20-17-11-16-13(2)5-4-10-24-18(16)12-19(17)27-21(20)14-6-8-15(23)9-7-14/h6-9,11-13,24H,3-5,10H2,1-2H3. The average Bonchev–Trinajstić information content (AvgIpc) is 2.93. The Morgan fingerprint density at radius 3 is 2.81 bits per heavy atom. The lowest BCUT2D eigenvalue weighted by atomic mass is 9.94. The topological polar surface area (TPSA) is 51.5 Å². The highest BCUT2D eigenvalue weighted by molar-refractivity contribution is 6.09. The van der Waals surface area contributed by atoms with Crippen molar-refractivity contribution in [3.8, 4) is 11.3 Å². The molecule has 0 fully saturated rings. The van der Waals surface area contributed by atoms with Gasteiger partial charge in [-0.3, -0.25) is 0 Å². The molecule has 4 rings (SSSR count). The molecule has 1 aromatic heterocycles. The van der Waals surface area contributed by atoms with Gasteiger partial charge >= 0.3 is 5.97 Å². The Kier molecular flexibility index (Phi) is 4.60. The molecule has 4 nitrogen and oxygen atoms in total. The number of carbonyl (C=O) groups is 1. The van der Waals surface area contributed by atoms with Crippen molar-refractivity contribution in [1.82, 2.24) is 0 Å². The highest BCUT2D eigenvalue weighted by Crippen LogP contribution is 2.40. The molecule has 0 amide bonds. The van der Waals surface area contributed by atoms with Gasteiger partial charge in [0.25, 0.3) is 0 Å². The summed E-state index contributed by atoms with van der Waals surface area (Å²) in [4.78, 5) is 12.7. The van der Waals surface area contributed by atoms with Crippen molar-refractivity contribution < 1.29 is 18.3 Å². The van der Waals surface area contributed by atoms with Crippen LogP contribution < -0.4 is 5.32 Å². The Morgan fingerprint density at radius 1 is 1.30 bits per heavy atom. The van der Waals surface area contributed by atoms with Gasteiger partial charge in [0, 0.05) is 29.2 Å². The number of carbonyl (C=O) groups excluding carboxylic acids is 1. The Hall–Kier alpha value is -2.82. The third-order valence-corrected chi connectivity index (χ3v) is 5.11. The molecule has 1 aliphatic rings. The van der Waals surface area contributed by atoms with E-state index in [1.807, 2.05) is 12.1 Å². The van der Waals surface area contributed by atoms with Crippen molar-refractivity contribution in [2.24, 2.45) is 0 Å². The van der Waals surface area contributed by atoms with Gasteiger partial charge < -0.3 is 14.5 Å². The molecule has 1 N–H and O–H groups in total. The summed E-state index contributed by atoms with van der Waals surface area (Å²) in [5.41, 5.74) is 3.89. The summed E-state index contributed by atoms with van der Waals surface area (Å²) < 4.78 is 24.7. The number of anilines is 1. The number of fused-ring (bicyclic) bond motifs is 2. The smallest absolute Gasteiger partial charge is 0.342 e. The molecule has 27 heavy (non-hydrogen) atoms. The van der Waals surface area contributed by atoms with E-state index in [9.17, 15) is 9.18 Å². The first kappa shape index (κ1) is 17.6. The van der Waals surface area contributed by atoms with E-state index in [-0.39, 0.29) is 12.4 Å². The molecule has 0 saturated heterocycles. The third kappa shape index (κ3) is 3.18. The van der Waals surface area contributed by atoms with E-state index in [0.717, 1.165) is 30.5 Å². The first-order valence-corrected chi connectivity index (χ1v) is 9.36. The normalized spacial score (nSPS) is 16.5. The van der Waals surface area contributed by atoms with E-state index in [1.165, 1.54) is 17.7 Å². The minimum absolute atomic E-state index is 0.275. The second kappa shape index (κ2) is 7.06. The quantitative estimate of drug-likeness (QED) is 0.601. The molecule has 5 heteroatoms. The van der Waals surface area contributed by atoms with E-state index >= 15 is 0 Å². The van der Waals surface area contributed by atoms with Crippen molar-refractivity contribution in [2.75, 3.05) is 18.5 Å². The van der Waals surface area contributed by atoms with Gasteiger partial charge in [-0.05, 0) is 61.6 Å². The predicted octanol–water partition coefficient (Wildman–Crippen LogP) is 5.72. The summed E-state index contributed by atoms with van der Waals surface area (Å²) in [6.45, 7) is 5.16. The number of rotatable bonds is 3. The fourth-order valence-electron chi connectivity index (χ4n) is 3.72. The molecule has 2 aromatic carbocycles. The highest BCUT2D eigenvalue weighted by atomic mass is 19.1. The highest BCUT2D eigenvalue weighted by Gasteiger charge is 2.26. The molecule has 0 aliphatic carbocycles. The van der Waals surface area contributed by atoms with Crippen LogP contribution in [0.1, 0.15) is 48.5 Å². The summed E-state index contributed by atoms with van der Waals surface area (Å²) >= 11 is 0. The van der Waals surface area contributed by atoms with Crippen LogP contribution in [0.5, 0.6) is 0 Å². The maximum absolute atomic E-state index is 13.3. The SMILES string of the molecule is CCOC(=O)c1c(-c2ccc(F)cc2)oc2cc3c(cc12)C(C)CCCN3. The van der Waals surface area contributed by atoms with Crippen LogP contribution in [0.25, 0.3) is 22.3 Å². The van der Waals surface area contributed by atoms with E-state index in [1.54, 1.807) is 19.1 Å². The predicted molar refractivity (Wildman–Crippen MR) is 104 cm³/mol. The zero-order valence-corrected chi connectivity index (χ0v) is 15.5. The zero-order valence-electron chi connectivity index (χ0n) is 15.5. The van der Waals surface area contributed by atoms with Gasteiger partial charge in [0.15, 0.2) is 0 Å². The van der Waals surface area contributed by atoms with Crippen LogP contribution in [0.4, 0.5) is 10.1 Å². The van der Waals surface area contributed by atoms with Gasteiger partial charge in [-0.1, -0.05) is 6.92 Å². The number of ether oxygens (including phenoxy) is 1. The number of nitrogens with one attached hydrogen (secondary N) is 1. The van der Waals surface area contributed by atoms with Crippen LogP contribution in [0.3, 0.4) is 0 Å². The number of halogens is 1.